The van der Waals surface area contributed by atoms with Gasteiger partial charge in [0.15, 0.2) is 11.9 Å². The Morgan fingerprint density at radius 2 is 0.778 bits per heavy atom. The van der Waals surface area contributed by atoms with Crippen LogP contribution in [0.3, 0.4) is 0 Å². The Labute approximate surface area is 688 Å². The normalized spacial score (nSPS) is 15.3. The number of likely N-dealkylation sites (N-methyl/N-ethyl adjacent to an activating group) is 1. The third-order valence-corrected chi connectivity index (χ3v) is 20.2. The predicted molar refractivity (Wildman–Crippen MR) is 440 cm³/mol. The van der Waals surface area contributed by atoms with Crippen LogP contribution in [0.1, 0.15) is 164 Å². The first kappa shape index (κ1) is 102. The van der Waals surface area contributed by atoms with Crippen molar-refractivity contribution in [2.45, 2.75) is 244 Å². The van der Waals surface area contributed by atoms with Crippen molar-refractivity contribution in [2.75, 3.05) is 38.8 Å². The lowest BCUT2D eigenvalue weighted by Crippen LogP contribution is -2.63. The van der Waals surface area contributed by atoms with Crippen LogP contribution in [0.4, 0.5) is 0 Å². The van der Waals surface area contributed by atoms with E-state index in [1.807, 2.05) is 0 Å². The first-order chi connectivity index (χ1) is 55.1. The number of nitrogens with zero attached hydrogens (tertiary/aromatic N) is 3. The number of carboxylic acids is 3. The number of thioether (sulfide) groups is 1. The standard InChI is InChI=1S/C78H127N19O19S/c1-13-44(8)61(94-66(105)50(28-22-33-84-77(80)81)87-65(104)52(32-35-117-12)86-64(103)49(79)30-31-59(99)100)73(112)93-57(41-98)70(109)88-51(29-23-34-85-78(82)83)67(106)95-63(46(10)15-3)74(113)96-62(45(9)14-2)72(111)90-54(37-43(6)7)68(107)91-55(40-60(101)102)75(114)97(11)58(39-48-26-20-17-21-27-48)71(110)89-53(36-42(4)5)69(108)92-56(76(115)116)38-47-24-18-16-19-25-47/h16-21,24-27,42-46,49-58,61-63,98H,13-15,22-23,28-41,79H2,1-12H3,(H,86,103)(H,87,104)(H,88,109)(H,89,110)(H,90,111)(H,91,107)(H,92,108)(H,93,112)(H,94,105)(H,95,106)(H,96,113)(H,99,100)(H,101,102)(H,115,116)(H4,80,81,84)(H4,82,83,85)/t44-,45-,46-,49-,50-,51-,52-,53-,54-,55-,56-,57-,58-,61-,62-,63-/m0/s1. The highest BCUT2D eigenvalue weighted by atomic mass is 32.2. The molecule has 0 heterocycles. The molecule has 39 heteroatoms. The fourth-order valence-electron chi connectivity index (χ4n) is 12.1. The van der Waals surface area contributed by atoms with Crippen LogP contribution in [0, 0.1) is 29.6 Å². The molecule has 0 spiro atoms. The van der Waals surface area contributed by atoms with Gasteiger partial charge < -0.3 is 112 Å². The first-order valence-corrected chi connectivity index (χ1v) is 40.8. The van der Waals surface area contributed by atoms with Gasteiger partial charge in [-0.05, 0) is 104 Å². The minimum Gasteiger partial charge on any atom is -0.481 e. The second-order valence-electron chi connectivity index (χ2n) is 30.0. The Hall–Kier alpha value is -10.7. The lowest BCUT2D eigenvalue weighted by molar-refractivity contribution is -0.147. The van der Waals surface area contributed by atoms with Gasteiger partial charge in [-0.2, -0.15) is 11.8 Å². The molecule has 0 fully saturated rings. The number of nitrogens with two attached hydrogens (primary N) is 5. The van der Waals surface area contributed by atoms with E-state index in [1.165, 1.54) is 18.8 Å². The zero-order chi connectivity index (χ0) is 88.3. The summed E-state index contributed by atoms with van der Waals surface area (Å²) in [7, 11) is 1.21. The molecular weight excluding hydrogens is 1540 g/mol. The highest BCUT2D eigenvalue weighted by Crippen LogP contribution is 2.20. The summed E-state index contributed by atoms with van der Waals surface area (Å²) in [5.41, 5.74) is 29.3. The number of carboxylic acid groups (broad SMARTS) is 3. The molecule has 0 aliphatic heterocycles. The van der Waals surface area contributed by atoms with E-state index in [1.54, 1.807) is 136 Å². The Bertz CT molecular complexity index is 3650. The van der Waals surface area contributed by atoms with Crippen molar-refractivity contribution in [3.05, 3.63) is 71.8 Å². The number of nitrogens with one attached hydrogen (secondary N) is 11. The van der Waals surface area contributed by atoms with E-state index in [9.17, 15) is 87.2 Å². The van der Waals surface area contributed by atoms with Gasteiger partial charge in [0.2, 0.25) is 70.9 Å². The summed E-state index contributed by atoms with van der Waals surface area (Å²) in [6.45, 7) is 15.8. The van der Waals surface area contributed by atoms with Gasteiger partial charge in [0.05, 0.1) is 19.1 Å². The molecule has 0 bridgehead atoms. The summed E-state index contributed by atoms with van der Waals surface area (Å²) in [6.07, 6.45) is 0.269. The fourth-order valence-corrected chi connectivity index (χ4v) is 12.6. The van der Waals surface area contributed by atoms with Crippen LogP contribution < -0.4 is 87.2 Å². The minimum atomic E-state index is -1.89. The summed E-state index contributed by atoms with van der Waals surface area (Å²) < 4.78 is 0. The molecule has 25 N–H and O–H groups in total. The largest absolute Gasteiger partial charge is 0.481 e. The van der Waals surface area contributed by atoms with Crippen LogP contribution in [-0.2, 0) is 84.8 Å². The van der Waals surface area contributed by atoms with Crippen molar-refractivity contribution in [3.8, 4) is 0 Å². The highest BCUT2D eigenvalue weighted by molar-refractivity contribution is 7.98. The molecule has 0 aliphatic carbocycles. The molecule has 0 radical (unpaired) electrons. The van der Waals surface area contributed by atoms with E-state index in [4.69, 9.17) is 33.8 Å². The molecule has 0 aromatic heterocycles. The van der Waals surface area contributed by atoms with Gasteiger partial charge in [-0.15, -0.1) is 0 Å². The Morgan fingerprint density at radius 1 is 0.427 bits per heavy atom. The maximum Gasteiger partial charge on any atom is 0.326 e. The third kappa shape index (κ3) is 37.8. The fraction of sp³-hybridized carbons (Fsp3) is 0.628. The molecule has 0 saturated heterocycles. The van der Waals surface area contributed by atoms with Gasteiger partial charge in [-0.25, -0.2) is 4.79 Å². The van der Waals surface area contributed by atoms with Gasteiger partial charge in [-0.3, -0.25) is 77.1 Å². The minimum absolute atomic E-state index is 0.000818. The van der Waals surface area contributed by atoms with Crippen molar-refractivity contribution < 1.29 is 92.3 Å². The summed E-state index contributed by atoms with van der Waals surface area (Å²) in [5, 5.41) is 68.9. The SMILES string of the molecule is CC[C@H](C)[C@H](NC(=O)[C@H](CCCN=C(N)N)NC(=O)[C@H](CCSC)NC(=O)[C@@H](N)CCC(=O)O)C(=O)N[C@@H](CO)C(=O)N[C@@H](CCCN=C(N)N)C(=O)N[C@H](C(=O)N[C@H](C(=O)N[C@@H](CC(C)C)C(=O)N[C@@H](CC(=O)O)C(=O)N(C)[C@@H](Cc1ccccc1)C(=O)N[C@@H](CC(C)C)C(=O)N[C@@H](Cc1ccccc1)C(=O)O)[C@@H](C)CC)[C@@H](C)CC. The van der Waals surface area contributed by atoms with Gasteiger partial charge >= 0.3 is 17.9 Å². The number of carbonyl (C=O) groups is 15. The zero-order valence-corrected chi connectivity index (χ0v) is 70.0. The van der Waals surface area contributed by atoms with E-state index in [-0.39, 0.29) is 120 Å². The Morgan fingerprint density at radius 3 is 1.17 bits per heavy atom. The highest BCUT2D eigenvalue weighted by Gasteiger charge is 2.41. The molecule has 16 atom stereocenters. The molecule has 2 aromatic carbocycles. The van der Waals surface area contributed by atoms with Crippen molar-refractivity contribution in [3.63, 3.8) is 0 Å². The number of aliphatic imine (C=N–C) groups is 2. The van der Waals surface area contributed by atoms with Crippen molar-refractivity contribution in [1.82, 2.24) is 63.4 Å². The number of aliphatic hydroxyl groups is 1. The second-order valence-corrected chi connectivity index (χ2v) is 31.0. The van der Waals surface area contributed by atoms with E-state index in [0.29, 0.717) is 16.9 Å². The lowest BCUT2D eigenvalue weighted by atomic mass is 9.94. The molecule has 0 unspecified atom stereocenters. The molecule has 2 rings (SSSR count). The van der Waals surface area contributed by atoms with E-state index < -0.39 is 205 Å². The molecule has 2 aromatic rings. The molecule has 117 heavy (non-hydrogen) atoms. The van der Waals surface area contributed by atoms with Gasteiger partial charge in [0.1, 0.15) is 72.5 Å². The van der Waals surface area contributed by atoms with Crippen LogP contribution in [0.25, 0.3) is 0 Å². The van der Waals surface area contributed by atoms with E-state index in [2.05, 4.69) is 68.5 Å². The number of carbonyl (C=O) groups excluding carboxylic acids is 12. The molecule has 38 nitrogen and oxygen atoms in total. The van der Waals surface area contributed by atoms with Crippen LogP contribution in [0.15, 0.2) is 70.6 Å². The number of aliphatic carboxylic acids is 3. The zero-order valence-electron chi connectivity index (χ0n) is 69.2. The van der Waals surface area contributed by atoms with Crippen LogP contribution in [0.5, 0.6) is 0 Å². The topological polar surface area (TPSA) is 627 Å². The summed E-state index contributed by atoms with van der Waals surface area (Å²) >= 11 is 1.34. The number of rotatable bonds is 56. The van der Waals surface area contributed by atoms with Crippen LogP contribution in [0.2, 0.25) is 0 Å². The Balaban J connectivity index is 2.58. The van der Waals surface area contributed by atoms with Gasteiger partial charge in [0, 0.05) is 39.4 Å². The summed E-state index contributed by atoms with van der Waals surface area (Å²) in [4.78, 5) is 218. The Kier molecular flexibility index (Phi) is 46.8. The number of benzene rings is 2. The average molecular weight is 1670 g/mol. The number of hydrogen-bond acceptors (Lipinski definition) is 20. The smallest absolute Gasteiger partial charge is 0.326 e. The average Bonchev–Trinajstić information content (AvgIpc) is 0.833. The third-order valence-electron chi connectivity index (χ3n) is 19.6. The number of guanidine groups is 2. The van der Waals surface area contributed by atoms with Crippen LogP contribution >= 0.6 is 11.8 Å². The number of aliphatic hydroxyl groups excluding tert-OH is 1. The maximum atomic E-state index is 14.9. The molecule has 0 saturated carbocycles. The van der Waals surface area contributed by atoms with E-state index >= 15 is 0 Å². The maximum absolute atomic E-state index is 14.9. The summed E-state index contributed by atoms with van der Waals surface area (Å²) in [6, 6.07) is -2.37. The summed E-state index contributed by atoms with van der Waals surface area (Å²) in [5.74, 6) is -18.2. The predicted octanol–water partition coefficient (Wildman–Crippen LogP) is -1.53. The van der Waals surface area contributed by atoms with Crippen molar-refractivity contribution in [1.29, 1.82) is 0 Å². The quantitative estimate of drug-likeness (QED) is 0.0203. The van der Waals surface area contributed by atoms with Crippen LogP contribution in [-0.4, -0.2) is 243 Å². The molecule has 12 amide bonds. The monoisotopic (exact) mass is 1670 g/mol. The van der Waals surface area contributed by atoms with Crippen molar-refractivity contribution in [2.24, 2.45) is 68.2 Å². The molecule has 0 aliphatic rings. The first-order valence-electron chi connectivity index (χ1n) is 39.4. The second kappa shape index (κ2) is 53.5. The number of hydrogen-bond donors (Lipinski definition) is 20. The molecular formula is C78H127N19O19S. The van der Waals surface area contributed by atoms with E-state index in [0.717, 1.165) is 4.90 Å². The molecule has 654 valence electrons. The lowest BCUT2D eigenvalue weighted by Gasteiger charge is -2.33. The van der Waals surface area contributed by atoms with Crippen molar-refractivity contribution >= 4 is 112 Å². The van der Waals surface area contributed by atoms with Gasteiger partial charge in [-0.1, -0.05) is 149 Å². The van der Waals surface area contributed by atoms with Gasteiger partial charge in [0.25, 0.3) is 0 Å². The number of amides is 12.